The number of alkyl halides is 3. The Morgan fingerprint density at radius 2 is 1.91 bits per heavy atom. The Morgan fingerprint density at radius 1 is 1.19 bits per heavy atom. The zero-order valence-corrected chi connectivity index (χ0v) is 17.6. The molecule has 0 spiro atoms. The second kappa shape index (κ2) is 7.52. The van der Waals surface area contributed by atoms with E-state index in [-0.39, 0.29) is 35.7 Å². The molecule has 10 heteroatoms. The molecule has 4 saturated carbocycles. The molecule has 174 valence electrons. The van der Waals surface area contributed by atoms with Gasteiger partial charge in [0, 0.05) is 19.1 Å². The lowest BCUT2D eigenvalue weighted by Gasteiger charge is -2.58. The Bertz CT molecular complexity index is 908. The van der Waals surface area contributed by atoms with E-state index in [4.69, 9.17) is 10.5 Å². The Balaban J connectivity index is 1.18. The third kappa shape index (κ3) is 3.77. The van der Waals surface area contributed by atoms with Gasteiger partial charge in [0.2, 0.25) is 5.91 Å². The fourth-order valence-corrected chi connectivity index (χ4v) is 6.59. The highest BCUT2D eigenvalue weighted by atomic mass is 19.4. The van der Waals surface area contributed by atoms with Gasteiger partial charge in [-0.15, -0.1) is 0 Å². The number of carbonyl (C=O) groups excluding carboxylic acids is 2. The zero-order valence-electron chi connectivity index (χ0n) is 17.6. The predicted octanol–water partition coefficient (Wildman–Crippen LogP) is 3.40. The van der Waals surface area contributed by atoms with Crippen LogP contribution in [0, 0.1) is 23.2 Å². The maximum absolute atomic E-state index is 12.9. The van der Waals surface area contributed by atoms with E-state index in [1.54, 1.807) is 4.90 Å². The second-order valence-corrected chi connectivity index (χ2v) is 9.94. The molecule has 7 nitrogen and oxygen atoms in total. The Morgan fingerprint density at radius 3 is 2.56 bits per heavy atom. The van der Waals surface area contributed by atoms with Crippen molar-refractivity contribution in [2.45, 2.75) is 56.8 Å². The summed E-state index contributed by atoms with van der Waals surface area (Å²) in [6.07, 6.45) is -0.312. The first-order valence-corrected chi connectivity index (χ1v) is 11.2. The summed E-state index contributed by atoms with van der Waals surface area (Å²) in [6.45, 7) is 0.804. The summed E-state index contributed by atoms with van der Waals surface area (Å²) in [6, 6.07) is 3.52. The van der Waals surface area contributed by atoms with Crippen molar-refractivity contribution >= 4 is 17.8 Å². The number of halogens is 3. The van der Waals surface area contributed by atoms with E-state index < -0.39 is 23.4 Å². The standard InChI is InChI=1S/C22H27F3N4O3/c23-22(24,25)16-2-1-3-17(28-16)27-15-4-5-29(11-15)20(31)32-18-13-6-12-7-14(18)10-21(8-12,9-13)19(26)30/h1-3,12-15,18H,4-11H2,(H2,26,30)(H,27,28)/t12?,13?,14?,15-,18?,21?/m1/s1. The van der Waals surface area contributed by atoms with Crippen LogP contribution in [0.25, 0.3) is 0 Å². The summed E-state index contributed by atoms with van der Waals surface area (Å²) in [5, 5.41) is 3.00. The highest BCUT2D eigenvalue weighted by Crippen LogP contribution is 2.60. The average molecular weight is 452 g/mol. The highest BCUT2D eigenvalue weighted by molar-refractivity contribution is 5.81. The third-order valence-corrected chi connectivity index (χ3v) is 7.78. The minimum Gasteiger partial charge on any atom is -0.446 e. The van der Waals surface area contributed by atoms with Crippen molar-refractivity contribution in [2.75, 3.05) is 18.4 Å². The Labute approximate surface area is 183 Å². The number of aromatic nitrogens is 1. The van der Waals surface area contributed by atoms with Crippen LogP contribution in [0.5, 0.6) is 0 Å². The summed E-state index contributed by atoms with van der Waals surface area (Å²) in [7, 11) is 0. The van der Waals surface area contributed by atoms with Crippen molar-refractivity contribution < 1.29 is 27.5 Å². The molecular weight excluding hydrogens is 425 g/mol. The molecule has 0 aromatic carbocycles. The van der Waals surface area contributed by atoms with Crippen LogP contribution in [-0.2, 0) is 15.7 Å². The number of amides is 2. The van der Waals surface area contributed by atoms with Crippen LogP contribution in [-0.4, -0.2) is 47.1 Å². The summed E-state index contributed by atoms with van der Waals surface area (Å²) < 4.78 is 44.6. The van der Waals surface area contributed by atoms with Crippen LogP contribution in [0.4, 0.5) is 23.8 Å². The summed E-state index contributed by atoms with van der Waals surface area (Å²) >= 11 is 0. The lowest BCUT2D eigenvalue weighted by molar-refractivity contribution is -0.161. The van der Waals surface area contributed by atoms with Crippen molar-refractivity contribution in [2.24, 2.45) is 28.9 Å². The number of rotatable bonds is 4. The molecule has 0 radical (unpaired) electrons. The van der Waals surface area contributed by atoms with Crippen molar-refractivity contribution in [1.29, 1.82) is 0 Å². The lowest BCUT2D eigenvalue weighted by Crippen LogP contribution is -2.59. The van der Waals surface area contributed by atoms with Crippen LogP contribution in [0.2, 0.25) is 0 Å². The fraction of sp³-hybridized carbons (Fsp3) is 0.682. The quantitative estimate of drug-likeness (QED) is 0.730. The van der Waals surface area contributed by atoms with Gasteiger partial charge >= 0.3 is 12.3 Å². The van der Waals surface area contributed by atoms with Crippen molar-refractivity contribution in [3.05, 3.63) is 23.9 Å². The summed E-state index contributed by atoms with van der Waals surface area (Å²) in [5.41, 5.74) is 4.34. The number of carbonyl (C=O) groups is 2. The third-order valence-electron chi connectivity index (χ3n) is 7.78. The van der Waals surface area contributed by atoms with Gasteiger partial charge in [0.15, 0.2) is 0 Å². The monoisotopic (exact) mass is 452 g/mol. The van der Waals surface area contributed by atoms with Gasteiger partial charge in [-0.2, -0.15) is 13.2 Å². The van der Waals surface area contributed by atoms with Gasteiger partial charge in [-0.3, -0.25) is 4.79 Å². The van der Waals surface area contributed by atoms with Gasteiger partial charge in [0.1, 0.15) is 17.6 Å². The predicted molar refractivity (Wildman–Crippen MR) is 108 cm³/mol. The molecule has 3 N–H and O–H groups in total. The molecule has 1 aliphatic heterocycles. The van der Waals surface area contributed by atoms with E-state index in [9.17, 15) is 22.8 Å². The Hall–Kier alpha value is -2.52. The molecule has 4 aliphatic carbocycles. The van der Waals surface area contributed by atoms with Crippen LogP contribution in [0.1, 0.15) is 44.2 Å². The van der Waals surface area contributed by atoms with Crippen molar-refractivity contribution in [3.8, 4) is 0 Å². The van der Waals surface area contributed by atoms with Gasteiger partial charge in [-0.25, -0.2) is 9.78 Å². The molecule has 1 saturated heterocycles. The second-order valence-electron chi connectivity index (χ2n) is 9.94. The SMILES string of the molecule is NC(=O)C12CC3CC(C1)C(OC(=O)N1CC[C@@H](Nc4cccc(C(F)(F)F)n4)C1)C(C3)C2. The number of hydrogen-bond donors (Lipinski definition) is 2. The maximum Gasteiger partial charge on any atom is 0.433 e. The van der Waals surface area contributed by atoms with Gasteiger partial charge in [-0.1, -0.05) is 6.07 Å². The lowest BCUT2D eigenvalue weighted by atomic mass is 9.48. The first-order chi connectivity index (χ1) is 15.1. The molecule has 6 rings (SSSR count). The molecule has 5 aliphatic rings. The molecule has 2 heterocycles. The van der Waals surface area contributed by atoms with E-state index >= 15 is 0 Å². The number of nitrogens with one attached hydrogen (secondary N) is 1. The first-order valence-electron chi connectivity index (χ1n) is 11.2. The molecule has 3 atom stereocenters. The molecule has 1 aromatic rings. The molecule has 2 unspecified atom stereocenters. The number of ether oxygens (including phenoxy) is 1. The number of anilines is 1. The van der Waals surface area contributed by atoms with Crippen LogP contribution >= 0.6 is 0 Å². The highest BCUT2D eigenvalue weighted by Gasteiger charge is 2.59. The van der Waals surface area contributed by atoms with Crippen LogP contribution in [0.15, 0.2) is 18.2 Å². The number of nitrogens with zero attached hydrogens (tertiary/aromatic N) is 2. The number of pyridine rings is 1. The minimum absolute atomic E-state index is 0.137. The van der Waals surface area contributed by atoms with Gasteiger partial charge < -0.3 is 20.7 Å². The summed E-state index contributed by atoms with van der Waals surface area (Å²) in [5.74, 6) is 0.735. The van der Waals surface area contributed by atoms with E-state index in [2.05, 4.69) is 10.3 Å². The van der Waals surface area contributed by atoms with E-state index in [1.807, 2.05) is 0 Å². The largest absolute Gasteiger partial charge is 0.446 e. The normalized spacial score (nSPS) is 35.7. The number of nitrogens with two attached hydrogens (primary N) is 1. The molecule has 5 fully saturated rings. The average Bonchev–Trinajstić information content (AvgIpc) is 3.18. The van der Waals surface area contributed by atoms with E-state index in [0.717, 1.165) is 25.3 Å². The van der Waals surface area contributed by atoms with Crippen LogP contribution in [0.3, 0.4) is 0 Å². The van der Waals surface area contributed by atoms with Gasteiger partial charge in [-0.05, 0) is 68.4 Å². The van der Waals surface area contributed by atoms with Crippen LogP contribution < -0.4 is 11.1 Å². The number of likely N-dealkylation sites (tertiary alicyclic amines) is 1. The summed E-state index contributed by atoms with van der Waals surface area (Å²) in [4.78, 5) is 30.2. The van der Waals surface area contributed by atoms with E-state index in [0.29, 0.717) is 38.3 Å². The van der Waals surface area contributed by atoms with Crippen molar-refractivity contribution in [3.63, 3.8) is 0 Å². The molecule has 4 bridgehead atoms. The topological polar surface area (TPSA) is 97.6 Å². The Kier molecular flexibility index (Phi) is 5.01. The number of hydrogen-bond acceptors (Lipinski definition) is 5. The molecule has 1 aromatic heterocycles. The minimum atomic E-state index is -4.51. The van der Waals surface area contributed by atoms with E-state index in [1.165, 1.54) is 12.1 Å². The number of primary amides is 1. The van der Waals surface area contributed by atoms with Gasteiger partial charge in [0.05, 0.1) is 5.41 Å². The molecule has 2 amide bonds. The van der Waals surface area contributed by atoms with Gasteiger partial charge in [0.25, 0.3) is 0 Å². The molecular formula is C22H27F3N4O3. The molecule has 32 heavy (non-hydrogen) atoms. The fourth-order valence-electron chi connectivity index (χ4n) is 6.59. The maximum atomic E-state index is 12.9. The first kappa shape index (κ1) is 21.3. The smallest absolute Gasteiger partial charge is 0.433 e. The zero-order chi connectivity index (χ0) is 22.7. The van der Waals surface area contributed by atoms with Crippen molar-refractivity contribution in [1.82, 2.24) is 9.88 Å².